The Labute approximate surface area is 152 Å². The summed E-state index contributed by atoms with van der Waals surface area (Å²) in [5, 5.41) is 10.5. The molecule has 1 N–H and O–H groups in total. The number of anilines is 1. The zero-order valence-electron chi connectivity index (χ0n) is 16.2. The van der Waals surface area contributed by atoms with Crippen molar-refractivity contribution < 1.29 is 27.6 Å². The third kappa shape index (κ3) is 2.65. The molecule has 2 aliphatic heterocycles. The lowest BCUT2D eigenvalue weighted by molar-refractivity contribution is -0.137. The molecule has 0 radical (unpaired) electrons. The van der Waals surface area contributed by atoms with Crippen molar-refractivity contribution in [3.05, 3.63) is 23.3 Å². The number of halogens is 3. The van der Waals surface area contributed by atoms with Crippen LogP contribution in [0.5, 0.6) is 0 Å². The number of aliphatic hydroxyl groups is 1. The molecular weight excluding hydrogens is 346 g/mol. The summed E-state index contributed by atoms with van der Waals surface area (Å²) < 4.78 is 53.2. The van der Waals surface area contributed by atoms with Crippen LogP contribution in [0.3, 0.4) is 0 Å². The van der Waals surface area contributed by atoms with E-state index in [0.29, 0.717) is 11.0 Å². The Morgan fingerprint density at radius 3 is 2.00 bits per heavy atom. The minimum Gasteiger partial charge on any atom is -0.399 e. The van der Waals surface area contributed by atoms with Crippen molar-refractivity contribution in [3.63, 3.8) is 0 Å². The first-order chi connectivity index (χ1) is 11.6. The topological polar surface area (TPSA) is 41.9 Å². The van der Waals surface area contributed by atoms with E-state index in [9.17, 15) is 18.3 Å². The van der Waals surface area contributed by atoms with Crippen LogP contribution in [-0.4, -0.2) is 36.7 Å². The van der Waals surface area contributed by atoms with Crippen molar-refractivity contribution in [1.82, 2.24) is 0 Å². The highest BCUT2D eigenvalue weighted by Crippen LogP contribution is 2.49. The molecule has 8 heteroatoms. The normalized spacial score (nSPS) is 26.3. The van der Waals surface area contributed by atoms with Gasteiger partial charge in [0.25, 0.3) is 0 Å². The number of fused-ring (bicyclic) bond motifs is 1. The zero-order chi connectivity index (χ0) is 19.9. The highest BCUT2D eigenvalue weighted by atomic mass is 19.4. The first-order valence-electron chi connectivity index (χ1n) is 8.62. The third-order valence-corrected chi connectivity index (χ3v) is 6.02. The van der Waals surface area contributed by atoms with Gasteiger partial charge in [-0.3, -0.25) is 0 Å². The van der Waals surface area contributed by atoms with Gasteiger partial charge in [-0.25, -0.2) is 0 Å². The van der Waals surface area contributed by atoms with E-state index in [0.717, 1.165) is 6.07 Å². The lowest BCUT2D eigenvalue weighted by Crippen LogP contribution is -2.41. The molecule has 3 rings (SSSR count). The third-order valence-electron chi connectivity index (χ3n) is 6.02. The molecule has 0 aliphatic carbocycles. The largest absolute Gasteiger partial charge is 0.494 e. The lowest BCUT2D eigenvalue weighted by atomic mass is 9.74. The molecule has 1 atom stereocenters. The van der Waals surface area contributed by atoms with E-state index < -0.39 is 41.7 Å². The molecule has 0 aromatic heterocycles. The molecule has 144 valence electrons. The first kappa shape index (κ1) is 19.5. The Hall–Kier alpha value is -1.25. The second-order valence-electron chi connectivity index (χ2n) is 8.76. The van der Waals surface area contributed by atoms with Crippen LogP contribution < -0.4 is 10.4 Å². The number of benzene rings is 1. The van der Waals surface area contributed by atoms with Crippen LogP contribution >= 0.6 is 0 Å². The van der Waals surface area contributed by atoms with Crippen LogP contribution in [0.4, 0.5) is 18.9 Å². The Balaban J connectivity index is 2.18. The number of likely N-dealkylation sites (N-methyl/N-ethyl adjacent to an activating group) is 1. The fourth-order valence-corrected chi connectivity index (χ4v) is 3.60. The molecule has 0 amide bonds. The van der Waals surface area contributed by atoms with E-state index in [1.807, 2.05) is 27.7 Å². The van der Waals surface area contributed by atoms with Gasteiger partial charge in [0, 0.05) is 12.5 Å². The van der Waals surface area contributed by atoms with Gasteiger partial charge in [-0.1, -0.05) is 19.9 Å². The van der Waals surface area contributed by atoms with Crippen molar-refractivity contribution in [2.45, 2.75) is 70.6 Å². The smallest absolute Gasteiger partial charge is 0.399 e. The molecule has 1 aromatic rings. The summed E-state index contributed by atoms with van der Waals surface area (Å²) in [5.74, 6) is 0. The maximum atomic E-state index is 13.8. The highest BCUT2D eigenvalue weighted by Gasteiger charge is 2.54. The average molecular weight is 371 g/mol. The molecule has 1 aromatic carbocycles. The second kappa shape index (κ2) is 5.39. The van der Waals surface area contributed by atoms with Crippen molar-refractivity contribution in [2.75, 3.05) is 11.9 Å². The maximum absolute atomic E-state index is 13.8. The van der Waals surface area contributed by atoms with E-state index in [2.05, 4.69) is 0 Å². The highest BCUT2D eigenvalue weighted by molar-refractivity contribution is 6.62. The fraction of sp³-hybridized carbons (Fsp3) is 0.667. The number of hydrogen-bond donors (Lipinski definition) is 1. The van der Waals surface area contributed by atoms with Gasteiger partial charge in [-0.05, 0) is 44.8 Å². The minimum absolute atomic E-state index is 0.00951. The zero-order valence-corrected chi connectivity index (χ0v) is 16.2. The van der Waals surface area contributed by atoms with Crippen LogP contribution in [0.1, 0.15) is 52.7 Å². The number of alkyl halides is 3. The molecule has 2 aliphatic rings. The SMILES string of the molecule is CN1c2c(C(F)(F)F)cc(B3OC(C)(C)C(C)(C)O3)cc2C(C)(C)C1O. The number of rotatable bonds is 1. The molecule has 1 saturated heterocycles. The van der Waals surface area contributed by atoms with Crippen molar-refractivity contribution in [3.8, 4) is 0 Å². The predicted octanol–water partition coefficient (Wildman–Crippen LogP) is 3.05. The van der Waals surface area contributed by atoms with E-state index >= 15 is 0 Å². The monoisotopic (exact) mass is 371 g/mol. The van der Waals surface area contributed by atoms with Crippen molar-refractivity contribution in [1.29, 1.82) is 0 Å². The van der Waals surface area contributed by atoms with Crippen LogP contribution in [0, 0.1) is 0 Å². The quantitative estimate of drug-likeness (QED) is 0.771. The minimum atomic E-state index is -4.56. The fourth-order valence-electron chi connectivity index (χ4n) is 3.60. The van der Waals surface area contributed by atoms with E-state index in [-0.39, 0.29) is 5.69 Å². The second-order valence-corrected chi connectivity index (χ2v) is 8.76. The molecular formula is C18H25BF3NO3. The van der Waals surface area contributed by atoms with Gasteiger partial charge in [0.1, 0.15) is 6.23 Å². The Morgan fingerprint density at radius 1 is 1.04 bits per heavy atom. The van der Waals surface area contributed by atoms with Crippen LogP contribution in [0.15, 0.2) is 12.1 Å². The Morgan fingerprint density at radius 2 is 1.54 bits per heavy atom. The average Bonchev–Trinajstić information content (AvgIpc) is 2.80. The van der Waals surface area contributed by atoms with Gasteiger partial charge in [0.2, 0.25) is 0 Å². The van der Waals surface area contributed by atoms with Gasteiger partial charge >= 0.3 is 13.3 Å². The predicted molar refractivity (Wildman–Crippen MR) is 94.6 cm³/mol. The standard InChI is InChI=1S/C18H25BF3NO3/c1-15(2)11-8-10(19-25-16(3,4)17(5,6)26-19)9-12(18(20,21)22)13(11)23(7)14(15)24/h8-9,14,24H,1-7H3. The van der Waals surface area contributed by atoms with Gasteiger partial charge in [0.05, 0.1) is 22.5 Å². The number of nitrogens with zero attached hydrogens (tertiary/aromatic N) is 1. The molecule has 26 heavy (non-hydrogen) atoms. The van der Waals surface area contributed by atoms with E-state index in [1.54, 1.807) is 19.9 Å². The Kier molecular flexibility index (Phi) is 4.05. The lowest BCUT2D eigenvalue weighted by Gasteiger charge is -2.32. The molecule has 0 spiro atoms. The van der Waals surface area contributed by atoms with Crippen molar-refractivity contribution in [2.24, 2.45) is 0 Å². The van der Waals surface area contributed by atoms with Crippen molar-refractivity contribution >= 4 is 18.3 Å². The van der Waals surface area contributed by atoms with Gasteiger partial charge in [-0.15, -0.1) is 0 Å². The van der Waals surface area contributed by atoms with Gasteiger partial charge < -0.3 is 19.3 Å². The summed E-state index contributed by atoms with van der Waals surface area (Å²) in [4.78, 5) is 1.28. The molecule has 2 heterocycles. The summed E-state index contributed by atoms with van der Waals surface area (Å²) in [6, 6.07) is 2.74. The van der Waals surface area contributed by atoms with Gasteiger partial charge in [-0.2, -0.15) is 13.2 Å². The van der Waals surface area contributed by atoms with Crippen LogP contribution in [-0.2, 0) is 20.9 Å². The van der Waals surface area contributed by atoms with Gasteiger partial charge in [0.15, 0.2) is 0 Å². The first-order valence-corrected chi connectivity index (χ1v) is 8.62. The number of hydrogen-bond acceptors (Lipinski definition) is 4. The summed E-state index contributed by atoms with van der Waals surface area (Å²) in [5.41, 5.74) is -2.19. The summed E-state index contributed by atoms with van der Waals surface area (Å²) in [6.07, 6.45) is -5.61. The van der Waals surface area contributed by atoms with Crippen LogP contribution in [0.2, 0.25) is 0 Å². The number of aliphatic hydroxyl groups excluding tert-OH is 1. The molecule has 1 unspecified atom stereocenters. The molecule has 0 bridgehead atoms. The summed E-state index contributed by atoms with van der Waals surface area (Å²) >= 11 is 0. The Bertz CT molecular complexity index is 730. The molecule has 4 nitrogen and oxygen atoms in total. The summed E-state index contributed by atoms with van der Waals surface area (Å²) in [7, 11) is 0.576. The maximum Gasteiger partial charge on any atom is 0.494 e. The van der Waals surface area contributed by atoms with E-state index in [1.165, 1.54) is 11.9 Å². The summed E-state index contributed by atoms with van der Waals surface area (Å²) in [6.45, 7) is 10.9. The molecule has 1 fully saturated rings. The van der Waals surface area contributed by atoms with E-state index in [4.69, 9.17) is 9.31 Å². The molecule has 0 saturated carbocycles. The van der Waals surface area contributed by atoms with Crippen LogP contribution in [0.25, 0.3) is 0 Å².